The molecule has 1 N–H and O–H groups in total. The van der Waals surface area contributed by atoms with Crippen LogP contribution in [0.4, 0.5) is 10.1 Å². The number of rotatable bonds is 8. The molecule has 3 aliphatic rings. The Kier molecular flexibility index (Phi) is 7.89. The van der Waals surface area contributed by atoms with Crippen molar-refractivity contribution in [3.8, 4) is 0 Å². The number of quaternary nitrogens is 1. The molecule has 3 aromatic rings. The Hall–Kier alpha value is -2.74. The van der Waals surface area contributed by atoms with Crippen molar-refractivity contribution >= 4 is 28.8 Å². The summed E-state index contributed by atoms with van der Waals surface area (Å²) in [6, 6.07) is 18.4. The molecule has 0 radical (unpaired) electrons. The summed E-state index contributed by atoms with van der Waals surface area (Å²) >= 11 is 1.46. The molecule has 0 aliphatic carbocycles. The Balaban J connectivity index is 0.00000289. The molecule has 35 heavy (non-hydrogen) atoms. The van der Waals surface area contributed by atoms with Crippen LogP contribution in [0.3, 0.4) is 0 Å². The average molecular weight is 515 g/mol. The maximum Gasteiger partial charge on any atom is 0.337 e. The van der Waals surface area contributed by atoms with Crippen molar-refractivity contribution in [3.63, 3.8) is 0 Å². The zero-order valence-corrected chi connectivity index (χ0v) is 20.8. The molecule has 3 saturated heterocycles. The summed E-state index contributed by atoms with van der Waals surface area (Å²) in [4.78, 5) is 27.3. The first-order valence-corrected chi connectivity index (χ1v) is 12.6. The van der Waals surface area contributed by atoms with Crippen molar-refractivity contribution in [1.82, 2.24) is 0 Å². The number of hydrogen-bond donors (Lipinski definition) is 1. The van der Waals surface area contributed by atoms with Crippen molar-refractivity contribution in [2.45, 2.75) is 31.5 Å². The lowest BCUT2D eigenvalue weighted by molar-refractivity contribution is -0.977. The number of nitrogens with zero attached hydrogens (tertiary/aromatic N) is 1. The van der Waals surface area contributed by atoms with Gasteiger partial charge >= 0.3 is 5.97 Å². The topological polar surface area (TPSA) is 55.4 Å². The standard InChI is InChI=1S/C27H28FN2O3S.ClH/c28-21-8-10-22(11-9-21)29-26(20-5-2-1-3-6-20)27(32)33-25-17-19-12-14-30(25,15-13-19)18-23(31)24-7-4-16-34-24;/h1-11,16,19,25-26,29H,12-15,17-18H2;1H/q+1;/p-1/t19?,25-,26?,30?;/m1./s1. The lowest BCUT2D eigenvalue weighted by atomic mass is 9.84. The van der Waals surface area contributed by atoms with E-state index in [1.54, 1.807) is 12.1 Å². The second kappa shape index (κ2) is 10.9. The minimum Gasteiger partial charge on any atom is -1.00 e. The van der Waals surface area contributed by atoms with E-state index < -0.39 is 6.04 Å². The smallest absolute Gasteiger partial charge is 0.337 e. The van der Waals surface area contributed by atoms with Gasteiger partial charge < -0.3 is 22.5 Å². The van der Waals surface area contributed by atoms with Gasteiger partial charge in [-0.1, -0.05) is 36.4 Å². The summed E-state index contributed by atoms with van der Waals surface area (Å²) in [6.45, 7) is 2.05. The van der Waals surface area contributed by atoms with Crippen LogP contribution in [0.5, 0.6) is 0 Å². The van der Waals surface area contributed by atoms with Crippen LogP contribution in [0.15, 0.2) is 72.1 Å². The van der Waals surface area contributed by atoms with Gasteiger partial charge in [0.25, 0.3) is 0 Å². The van der Waals surface area contributed by atoms with E-state index in [9.17, 15) is 14.0 Å². The zero-order valence-electron chi connectivity index (χ0n) is 19.2. The number of ketones is 1. The van der Waals surface area contributed by atoms with Crippen LogP contribution in [0.1, 0.15) is 40.5 Å². The lowest BCUT2D eigenvalue weighted by Gasteiger charge is -2.52. The van der Waals surface area contributed by atoms with Crippen LogP contribution in [0, 0.1) is 11.7 Å². The second-order valence-electron chi connectivity index (χ2n) is 9.29. The third-order valence-corrected chi connectivity index (χ3v) is 8.05. The molecule has 2 aromatic carbocycles. The molecule has 3 fully saturated rings. The van der Waals surface area contributed by atoms with E-state index in [0.29, 0.717) is 22.6 Å². The van der Waals surface area contributed by atoms with E-state index >= 15 is 0 Å². The number of thiophene rings is 1. The van der Waals surface area contributed by atoms with Crippen LogP contribution >= 0.6 is 11.3 Å². The van der Waals surface area contributed by atoms with Crippen molar-refractivity contribution in [2.24, 2.45) is 5.92 Å². The van der Waals surface area contributed by atoms with Crippen LogP contribution in [-0.4, -0.2) is 42.1 Å². The highest BCUT2D eigenvalue weighted by Crippen LogP contribution is 2.40. The first-order valence-electron chi connectivity index (χ1n) is 11.7. The molecular formula is C27H28ClFN2O3S. The van der Waals surface area contributed by atoms with Crippen molar-refractivity contribution in [2.75, 3.05) is 25.0 Å². The van der Waals surface area contributed by atoms with Gasteiger partial charge in [-0.15, -0.1) is 11.3 Å². The van der Waals surface area contributed by atoms with E-state index in [-0.39, 0.29) is 36.2 Å². The fourth-order valence-corrected chi connectivity index (χ4v) is 5.88. The number of carbonyl (C=O) groups excluding carboxylic acids is 2. The third-order valence-electron chi connectivity index (χ3n) is 7.14. The number of anilines is 1. The number of piperidine rings is 3. The summed E-state index contributed by atoms with van der Waals surface area (Å²) in [6.07, 6.45) is 2.55. The van der Waals surface area contributed by atoms with Crippen LogP contribution in [0.2, 0.25) is 0 Å². The molecule has 0 spiro atoms. The minimum absolute atomic E-state index is 0. The minimum atomic E-state index is -0.735. The van der Waals surface area contributed by atoms with E-state index in [1.807, 2.05) is 47.8 Å². The zero-order chi connectivity index (χ0) is 23.5. The van der Waals surface area contributed by atoms with Gasteiger partial charge in [0.15, 0.2) is 6.04 Å². The normalized spacial score (nSPS) is 23.7. The van der Waals surface area contributed by atoms with Gasteiger partial charge in [0, 0.05) is 24.9 Å². The average Bonchev–Trinajstić information content (AvgIpc) is 3.40. The largest absolute Gasteiger partial charge is 1.00 e. The number of esters is 1. The molecule has 8 heteroatoms. The van der Waals surface area contributed by atoms with Crippen molar-refractivity contribution in [1.29, 1.82) is 0 Å². The predicted molar refractivity (Wildman–Crippen MR) is 130 cm³/mol. The number of fused-ring (bicyclic) bond motifs is 3. The van der Waals surface area contributed by atoms with Gasteiger partial charge in [0.05, 0.1) is 18.0 Å². The van der Waals surface area contributed by atoms with E-state index in [4.69, 9.17) is 4.74 Å². The number of halogens is 2. The van der Waals surface area contributed by atoms with Gasteiger partial charge in [-0.25, -0.2) is 9.18 Å². The van der Waals surface area contributed by atoms with Crippen LogP contribution in [0.25, 0.3) is 0 Å². The third kappa shape index (κ3) is 5.58. The molecule has 1 unspecified atom stereocenters. The van der Waals surface area contributed by atoms with E-state index in [0.717, 1.165) is 42.8 Å². The molecule has 4 heterocycles. The fourth-order valence-electron chi connectivity index (χ4n) is 5.23. The summed E-state index contributed by atoms with van der Waals surface area (Å²) in [5, 5.41) is 5.13. The number of nitrogens with one attached hydrogen (secondary N) is 1. The van der Waals surface area contributed by atoms with Gasteiger partial charge in [0.2, 0.25) is 12.0 Å². The monoisotopic (exact) mass is 514 g/mol. The number of benzene rings is 2. The first-order chi connectivity index (χ1) is 16.5. The van der Waals surface area contributed by atoms with Crippen LogP contribution in [-0.2, 0) is 9.53 Å². The molecular weight excluding hydrogens is 487 g/mol. The summed E-state index contributed by atoms with van der Waals surface area (Å²) in [5.74, 6) is -0.0817. The molecule has 3 aliphatic heterocycles. The highest BCUT2D eigenvalue weighted by Gasteiger charge is 2.51. The molecule has 2 bridgehead atoms. The van der Waals surface area contributed by atoms with E-state index in [2.05, 4.69) is 5.32 Å². The summed E-state index contributed by atoms with van der Waals surface area (Å²) in [5.41, 5.74) is 1.41. The van der Waals surface area contributed by atoms with Crippen LogP contribution < -0.4 is 17.7 Å². The summed E-state index contributed by atoms with van der Waals surface area (Å²) in [7, 11) is 0. The molecule has 0 amide bonds. The van der Waals surface area contributed by atoms with Gasteiger partial charge in [-0.3, -0.25) is 9.28 Å². The molecule has 0 saturated carbocycles. The Morgan fingerprint density at radius 1 is 1.03 bits per heavy atom. The maximum absolute atomic E-state index is 13.6. The van der Waals surface area contributed by atoms with Crippen molar-refractivity contribution in [3.05, 3.63) is 88.4 Å². The molecule has 184 valence electrons. The van der Waals surface area contributed by atoms with Gasteiger partial charge in [-0.05, 0) is 47.2 Å². The number of ether oxygens (including phenoxy) is 1. The second-order valence-corrected chi connectivity index (χ2v) is 10.2. The highest BCUT2D eigenvalue weighted by molar-refractivity contribution is 7.12. The predicted octanol–water partition coefficient (Wildman–Crippen LogP) is 2.43. The highest BCUT2D eigenvalue weighted by atomic mass is 35.5. The first kappa shape index (κ1) is 25.4. The number of Topliss-reactive ketones (excluding diaryl/α,β-unsaturated/α-hetero) is 1. The quantitative estimate of drug-likeness (QED) is 0.285. The molecule has 1 aromatic heterocycles. The van der Waals surface area contributed by atoms with Gasteiger partial charge in [0.1, 0.15) is 12.4 Å². The number of carbonyl (C=O) groups is 2. The Morgan fingerprint density at radius 3 is 2.40 bits per heavy atom. The number of hydrogen-bond acceptors (Lipinski definition) is 5. The van der Waals surface area contributed by atoms with Gasteiger partial charge in [-0.2, -0.15) is 0 Å². The van der Waals surface area contributed by atoms with E-state index in [1.165, 1.54) is 23.5 Å². The molecule has 5 nitrogen and oxygen atoms in total. The lowest BCUT2D eigenvalue weighted by Crippen LogP contribution is -3.00. The molecule has 6 rings (SSSR count). The Bertz CT molecular complexity index is 1130. The van der Waals surface area contributed by atoms with Crippen molar-refractivity contribution < 1.29 is 35.6 Å². The maximum atomic E-state index is 13.6. The fraction of sp³-hybridized carbons (Fsp3) is 0.333. The Labute approximate surface area is 214 Å². The Morgan fingerprint density at radius 2 is 1.74 bits per heavy atom. The summed E-state index contributed by atoms with van der Waals surface area (Å²) < 4.78 is 20.1. The SMILES string of the molecule is O=C(C[N+]12CCC(CC1)C[C@H]2OC(=O)C(Nc1ccc(F)cc1)c1ccccc1)c1cccs1.[Cl-]. The molecule has 2 atom stereocenters.